The largest absolute Gasteiger partial charge is 0.443 e. The van der Waals surface area contributed by atoms with Crippen LogP contribution in [0.5, 0.6) is 0 Å². The van der Waals surface area contributed by atoms with Gasteiger partial charge in [-0.05, 0) is 0 Å². The molecule has 3 heterocycles. The Hall–Kier alpha value is -2.35. The molecule has 0 aliphatic carbocycles. The zero-order valence-corrected chi connectivity index (χ0v) is 10.2. The highest BCUT2D eigenvalue weighted by Crippen LogP contribution is 2.23. The highest BCUT2D eigenvalue weighted by Gasteiger charge is 2.32. The lowest BCUT2D eigenvalue weighted by Crippen LogP contribution is -2.27. The molecule has 1 aliphatic heterocycles. The van der Waals surface area contributed by atoms with Gasteiger partial charge < -0.3 is 14.9 Å². The van der Waals surface area contributed by atoms with E-state index in [9.17, 15) is 9.59 Å². The van der Waals surface area contributed by atoms with Gasteiger partial charge in [0.1, 0.15) is 6.10 Å². The maximum absolute atomic E-state index is 11.7. The summed E-state index contributed by atoms with van der Waals surface area (Å²) in [4.78, 5) is 28.6. The van der Waals surface area contributed by atoms with Crippen molar-refractivity contribution in [2.45, 2.75) is 6.10 Å². The molecule has 0 aromatic carbocycles. The van der Waals surface area contributed by atoms with E-state index in [4.69, 9.17) is 14.9 Å². The number of carbonyl (C=O) groups excluding carboxylic acids is 1. The zero-order valence-electron chi connectivity index (χ0n) is 10.2. The van der Waals surface area contributed by atoms with Crippen molar-refractivity contribution in [1.82, 2.24) is 9.55 Å². The van der Waals surface area contributed by atoms with Gasteiger partial charge in [0.2, 0.25) is 0 Å². The van der Waals surface area contributed by atoms with Crippen LogP contribution in [0.2, 0.25) is 0 Å². The lowest BCUT2D eigenvalue weighted by molar-refractivity contribution is 0.145. The Morgan fingerprint density at radius 1 is 1.53 bits per heavy atom. The number of oxazole rings is 1. The van der Waals surface area contributed by atoms with Crippen LogP contribution in [0, 0.1) is 0 Å². The molecule has 3 rings (SSSR count). The van der Waals surface area contributed by atoms with Gasteiger partial charge in [0.15, 0.2) is 11.2 Å². The molecule has 1 unspecified atom stereocenters. The van der Waals surface area contributed by atoms with Gasteiger partial charge in [0.05, 0.1) is 18.4 Å². The van der Waals surface area contributed by atoms with Crippen LogP contribution in [-0.2, 0) is 11.8 Å². The summed E-state index contributed by atoms with van der Waals surface area (Å²) in [5, 5.41) is 0. The van der Waals surface area contributed by atoms with Crippen molar-refractivity contribution in [2.75, 3.05) is 18.0 Å². The SMILES string of the molecule is Cn1c(=O)oc2cc(N3CC(CN)OC3=O)cnc21. The number of nitrogens with zero attached hydrogens (tertiary/aromatic N) is 3. The van der Waals surface area contributed by atoms with Crippen LogP contribution in [0.25, 0.3) is 11.2 Å². The van der Waals surface area contributed by atoms with Crippen molar-refractivity contribution in [1.29, 1.82) is 0 Å². The van der Waals surface area contributed by atoms with Gasteiger partial charge in [0, 0.05) is 19.7 Å². The Morgan fingerprint density at radius 2 is 2.32 bits per heavy atom. The highest BCUT2D eigenvalue weighted by atomic mass is 16.6. The number of hydrogen-bond donors (Lipinski definition) is 1. The summed E-state index contributed by atoms with van der Waals surface area (Å²) in [5.41, 5.74) is 6.74. The number of pyridine rings is 1. The number of ether oxygens (including phenoxy) is 1. The fraction of sp³-hybridized carbons (Fsp3) is 0.364. The third-order valence-corrected chi connectivity index (χ3v) is 3.06. The number of rotatable bonds is 2. The van der Waals surface area contributed by atoms with E-state index in [1.807, 2.05) is 0 Å². The van der Waals surface area contributed by atoms with E-state index < -0.39 is 11.8 Å². The average Bonchev–Trinajstić information content (AvgIpc) is 2.91. The Kier molecular flexibility index (Phi) is 2.53. The minimum absolute atomic E-state index is 0.262. The molecule has 0 saturated carbocycles. The van der Waals surface area contributed by atoms with Crippen LogP contribution >= 0.6 is 0 Å². The second kappa shape index (κ2) is 4.09. The molecular weight excluding hydrogens is 252 g/mol. The molecule has 2 aromatic rings. The van der Waals surface area contributed by atoms with Crippen molar-refractivity contribution in [3.05, 3.63) is 22.8 Å². The first-order valence-electron chi connectivity index (χ1n) is 5.74. The number of carbonyl (C=O) groups is 1. The van der Waals surface area contributed by atoms with E-state index >= 15 is 0 Å². The van der Waals surface area contributed by atoms with Crippen LogP contribution < -0.4 is 16.4 Å². The van der Waals surface area contributed by atoms with Gasteiger partial charge >= 0.3 is 11.8 Å². The Morgan fingerprint density at radius 3 is 3.00 bits per heavy atom. The third-order valence-electron chi connectivity index (χ3n) is 3.06. The molecule has 0 radical (unpaired) electrons. The van der Waals surface area contributed by atoms with Crippen molar-refractivity contribution >= 4 is 23.0 Å². The van der Waals surface area contributed by atoms with Gasteiger partial charge in [0.25, 0.3) is 0 Å². The quantitative estimate of drug-likeness (QED) is 0.806. The standard InChI is InChI=1S/C11H12N4O4/c1-14-9-8(19-10(14)16)2-6(4-13-9)15-5-7(3-12)18-11(15)17/h2,4,7H,3,5,12H2,1H3. The monoisotopic (exact) mass is 264 g/mol. The van der Waals surface area contributed by atoms with E-state index in [0.29, 0.717) is 23.5 Å². The Bertz CT molecular complexity index is 704. The molecule has 2 N–H and O–H groups in total. The minimum Gasteiger partial charge on any atom is -0.443 e. The van der Waals surface area contributed by atoms with Crippen molar-refractivity contribution < 1.29 is 13.9 Å². The maximum atomic E-state index is 11.7. The number of aromatic nitrogens is 2. The molecule has 2 aromatic heterocycles. The fourth-order valence-electron chi connectivity index (χ4n) is 2.01. The normalized spacial score (nSPS) is 19.2. The summed E-state index contributed by atoms with van der Waals surface area (Å²) in [5.74, 6) is -0.497. The smallest absolute Gasteiger partial charge is 0.420 e. The number of aryl methyl sites for hydroxylation is 1. The summed E-state index contributed by atoms with van der Waals surface area (Å²) >= 11 is 0. The summed E-state index contributed by atoms with van der Waals surface area (Å²) < 4.78 is 11.4. The number of amides is 1. The minimum atomic E-state index is -0.497. The van der Waals surface area contributed by atoms with E-state index in [0.717, 1.165) is 0 Å². The van der Waals surface area contributed by atoms with E-state index in [1.165, 1.54) is 15.7 Å². The van der Waals surface area contributed by atoms with Crippen LogP contribution in [-0.4, -0.2) is 34.8 Å². The molecule has 0 spiro atoms. The lowest BCUT2D eigenvalue weighted by Gasteiger charge is -2.11. The highest BCUT2D eigenvalue weighted by molar-refractivity contribution is 5.91. The first-order valence-corrected chi connectivity index (χ1v) is 5.74. The molecule has 19 heavy (non-hydrogen) atoms. The molecule has 0 bridgehead atoms. The molecule has 1 atom stereocenters. The molecule has 8 heteroatoms. The predicted octanol–water partition coefficient (Wildman–Crippen LogP) is -0.190. The number of hydrogen-bond acceptors (Lipinski definition) is 6. The molecule has 100 valence electrons. The Balaban J connectivity index is 2.02. The molecule has 1 aliphatic rings. The van der Waals surface area contributed by atoms with Gasteiger partial charge in [-0.15, -0.1) is 0 Å². The van der Waals surface area contributed by atoms with Crippen molar-refractivity contribution in [3.63, 3.8) is 0 Å². The van der Waals surface area contributed by atoms with Crippen molar-refractivity contribution in [2.24, 2.45) is 12.8 Å². The van der Waals surface area contributed by atoms with Gasteiger partial charge in [-0.3, -0.25) is 9.47 Å². The summed E-state index contributed by atoms with van der Waals surface area (Å²) in [6.45, 7) is 0.623. The molecule has 1 saturated heterocycles. The van der Waals surface area contributed by atoms with E-state index in [1.54, 1.807) is 13.1 Å². The van der Waals surface area contributed by atoms with Gasteiger partial charge in [-0.2, -0.15) is 0 Å². The third kappa shape index (κ3) is 1.76. The van der Waals surface area contributed by atoms with Crippen LogP contribution in [0.15, 0.2) is 21.5 Å². The van der Waals surface area contributed by atoms with E-state index in [-0.39, 0.29) is 12.6 Å². The van der Waals surface area contributed by atoms with Crippen LogP contribution in [0.1, 0.15) is 0 Å². The first-order chi connectivity index (χ1) is 9.10. The second-order valence-electron chi connectivity index (χ2n) is 4.29. The first kappa shape index (κ1) is 11.7. The Labute approximate surface area is 107 Å². The number of cyclic esters (lactones) is 1. The van der Waals surface area contributed by atoms with Gasteiger partial charge in [-0.1, -0.05) is 0 Å². The fourth-order valence-corrected chi connectivity index (χ4v) is 2.01. The molecule has 1 fully saturated rings. The molecule has 8 nitrogen and oxygen atoms in total. The number of anilines is 1. The second-order valence-corrected chi connectivity index (χ2v) is 4.29. The number of fused-ring (bicyclic) bond motifs is 1. The maximum Gasteiger partial charge on any atom is 0.420 e. The predicted molar refractivity (Wildman–Crippen MR) is 65.9 cm³/mol. The average molecular weight is 264 g/mol. The molecule has 1 amide bonds. The van der Waals surface area contributed by atoms with Crippen LogP contribution in [0.4, 0.5) is 10.5 Å². The van der Waals surface area contributed by atoms with Crippen molar-refractivity contribution in [3.8, 4) is 0 Å². The number of nitrogens with two attached hydrogens (primary N) is 1. The molecular formula is C11H12N4O4. The van der Waals surface area contributed by atoms with E-state index in [2.05, 4.69) is 4.98 Å². The van der Waals surface area contributed by atoms with Gasteiger partial charge in [-0.25, -0.2) is 14.6 Å². The summed E-state index contributed by atoms with van der Waals surface area (Å²) in [6, 6.07) is 1.59. The topological polar surface area (TPSA) is 104 Å². The lowest BCUT2D eigenvalue weighted by atomic mass is 10.3. The zero-order chi connectivity index (χ0) is 13.6. The van der Waals surface area contributed by atoms with Crippen LogP contribution in [0.3, 0.4) is 0 Å². The summed E-state index contributed by atoms with van der Waals surface area (Å²) in [6.07, 6.45) is 0.693. The summed E-state index contributed by atoms with van der Waals surface area (Å²) in [7, 11) is 1.56.